The molecule has 0 radical (unpaired) electrons. The molecule has 1 aromatic rings. The highest BCUT2D eigenvalue weighted by atomic mass is 16.5. The van der Waals surface area contributed by atoms with Crippen LogP contribution in [-0.2, 0) is 28.7 Å². The van der Waals surface area contributed by atoms with E-state index in [-0.39, 0.29) is 29.9 Å². The minimum absolute atomic E-state index is 0.156. The number of para-hydroxylation sites is 1. The summed E-state index contributed by atoms with van der Waals surface area (Å²) in [6.45, 7) is 10.2. The average Bonchev–Trinajstić information content (AvgIpc) is 3.13. The van der Waals surface area contributed by atoms with E-state index in [2.05, 4.69) is 17.9 Å². The Kier molecular flexibility index (Phi) is 11.4. The molecule has 3 rings (SSSR count). The third kappa shape index (κ3) is 9.12. The van der Waals surface area contributed by atoms with Crippen molar-refractivity contribution >= 4 is 29.4 Å². The minimum atomic E-state index is -0.347. The number of rotatable bonds is 4. The van der Waals surface area contributed by atoms with Gasteiger partial charge in [-0.25, -0.2) is 14.5 Å². The molecule has 0 N–H and O–H groups in total. The molecule has 0 saturated heterocycles. The topological polar surface area (TPSA) is 90.0 Å². The van der Waals surface area contributed by atoms with Crippen molar-refractivity contribution in [1.29, 1.82) is 0 Å². The molecule has 1 fully saturated rings. The average molecular weight is 442 g/mol. The lowest BCUT2D eigenvalue weighted by molar-refractivity contribution is -0.145. The van der Waals surface area contributed by atoms with Gasteiger partial charge in [-0.2, -0.15) is 0 Å². The predicted octanol–water partition coefficient (Wildman–Crippen LogP) is 4.29. The number of carbonyl (C=O) groups is 4. The van der Waals surface area contributed by atoms with E-state index in [9.17, 15) is 19.2 Å². The lowest BCUT2D eigenvalue weighted by Crippen LogP contribution is -2.29. The highest BCUT2D eigenvalue weighted by molar-refractivity contribution is 6.28. The number of ether oxygens (including phenoxy) is 2. The number of carbonyl (C=O) groups excluding carboxylic acids is 4. The molecular weight excluding hydrogens is 410 g/mol. The monoisotopic (exact) mass is 441 g/mol. The first-order valence-corrected chi connectivity index (χ1v) is 10.4. The molecule has 0 bridgehead atoms. The van der Waals surface area contributed by atoms with Crippen LogP contribution in [-0.4, -0.2) is 37.0 Å². The summed E-state index contributed by atoms with van der Waals surface area (Å²) >= 11 is 0. The number of benzene rings is 1. The van der Waals surface area contributed by atoms with Crippen LogP contribution in [0.5, 0.6) is 0 Å². The van der Waals surface area contributed by atoms with E-state index in [0.717, 1.165) is 17.7 Å². The molecule has 32 heavy (non-hydrogen) atoms. The number of esters is 2. The van der Waals surface area contributed by atoms with Gasteiger partial charge in [-0.15, -0.1) is 0 Å². The molecule has 0 atom stereocenters. The Bertz CT molecular complexity index is 848. The number of amides is 2. The molecule has 172 valence electrons. The van der Waals surface area contributed by atoms with E-state index in [1.165, 1.54) is 38.5 Å². The molecule has 0 unspecified atom stereocenters. The molecule has 1 saturated carbocycles. The highest BCUT2D eigenvalue weighted by Gasteiger charge is 2.24. The second-order valence-corrected chi connectivity index (χ2v) is 7.40. The summed E-state index contributed by atoms with van der Waals surface area (Å²) in [6.07, 6.45) is 8.41. The van der Waals surface area contributed by atoms with Gasteiger partial charge in [0.1, 0.15) is 6.10 Å². The second kappa shape index (κ2) is 13.7. The third-order valence-corrected chi connectivity index (χ3v) is 4.53. The van der Waals surface area contributed by atoms with Crippen LogP contribution in [0.4, 0.5) is 5.69 Å². The molecule has 2 amide bonds. The number of hydrogen-bond donors (Lipinski definition) is 0. The molecule has 7 heteroatoms. The molecule has 1 aliphatic carbocycles. The summed E-state index contributed by atoms with van der Waals surface area (Å²) in [7, 11) is 1.33. The zero-order valence-electron chi connectivity index (χ0n) is 19.0. The molecule has 1 aliphatic heterocycles. The van der Waals surface area contributed by atoms with E-state index in [1.54, 1.807) is 38.1 Å². The van der Waals surface area contributed by atoms with E-state index in [0.29, 0.717) is 16.8 Å². The summed E-state index contributed by atoms with van der Waals surface area (Å²) in [5.74, 6) is -1.14. The fourth-order valence-corrected chi connectivity index (χ4v) is 2.84. The van der Waals surface area contributed by atoms with Crippen molar-refractivity contribution in [2.45, 2.75) is 52.1 Å². The van der Waals surface area contributed by atoms with Crippen LogP contribution in [0, 0.1) is 0 Å². The van der Waals surface area contributed by atoms with Gasteiger partial charge in [0.2, 0.25) is 0 Å². The Balaban J connectivity index is 0.000000252. The first-order chi connectivity index (χ1) is 15.2. The number of anilines is 1. The quantitative estimate of drug-likeness (QED) is 0.393. The Morgan fingerprint density at radius 3 is 1.78 bits per heavy atom. The number of nitrogens with zero attached hydrogens (tertiary/aromatic N) is 1. The largest absolute Gasteiger partial charge is 0.466 e. The molecule has 1 aromatic carbocycles. The summed E-state index contributed by atoms with van der Waals surface area (Å²) < 4.78 is 9.49. The fraction of sp³-hybridized carbons (Fsp3) is 0.360. The number of imide groups is 1. The summed E-state index contributed by atoms with van der Waals surface area (Å²) in [4.78, 5) is 44.8. The van der Waals surface area contributed by atoms with Gasteiger partial charge >= 0.3 is 11.9 Å². The van der Waals surface area contributed by atoms with Gasteiger partial charge in [-0.05, 0) is 51.7 Å². The second-order valence-electron chi connectivity index (χ2n) is 7.40. The fourth-order valence-electron chi connectivity index (χ4n) is 2.84. The van der Waals surface area contributed by atoms with Crippen LogP contribution in [0.3, 0.4) is 0 Å². The summed E-state index contributed by atoms with van der Waals surface area (Å²) in [6, 6.07) is 8.86. The Morgan fingerprint density at radius 2 is 1.38 bits per heavy atom. The number of hydrogen-bond acceptors (Lipinski definition) is 6. The van der Waals surface area contributed by atoms with E-state index >= 15 is 0 Å². The lowest BCUT2D eigenvalue weighted by atomic mass is 9.98. The van der Waals surface area contributed by atoms with Crippen molar-refractivity contribution < 1.29 is 28.7 Å². The molecule has 7 nitrogen and oxygen atoms in total. The molecule has 0 aromatic heterocycles. The van der Waals surface area contributed by atoms with Crippen molar-refractivity contribution in [3.05, 3.63) is 66.8 Å². The first kappa shape index (κ1) is 26.6. The zero-order chi connectivity index (χ0) is 24.1. The van der Waals surface area contributed by atoms with Crippen LogP contribution in [0.25, 0.3) is 0 Å². The number of methoxy groups -OCH3 is 1. The Morgan fingerprint density at radius 1 is 0.875 bits per heavy atom. The summed E-state index contributed by atoms with van der Waals surface area (Å²) in [5, 5.41) is 0. The van der Waals surface area contributed by atoms with Gasteiger partial charge in [0.25, 0.3) is 11.8 Å². The van der Waals surface area contributed by atoms with Crippen molar-refractivity contribution in [2.24, 2.45) is 0 Å². The highest BCUT2D eigenvalue weighted by Crippen LogP contribution is 2.21. The van der Waals surface area contributed by atoms with Gasteiger partial charge in [-0.1, -0.05) is 37.8 Å². The Hall–Kier alpha value is -3.48. The molecule has 1 heterocycles. The van der Waals surface area contributed by atoms with Gasteiger partial charge < -0.3 is 9.47 Å². The van der Waals surface area contributed by atoms with Gasteiger partial charge in [0.05, 0.1) is 12.8 Å². The van der Waals surface area contributed by atoms with Gasteiger partial charge in [0.15, 0.2) is 0 Å². The van der Waals surface area contributed by atoms with Crippen molar-refractivity contribution in [3.8, 4) is 0 Å². The minimum Gasteiger partial charge on any atom is -0.466 e. The van der Waals surface area contributed by atoms with Crippen LogP contribution < -0.4 is 4.90 Å². The zero-order valence-corrected chi connectivity index (χ0v) is 19.0. The van der Waals surface area contributed by atoms with Gasteiger partial charge in [0, 0.05) is 23.3 Å². The van der Waals surface area contributed by atoms with Crippen LogP contribution in [0.15, 0.2) is 66.8 Å². The smallest absolute Gasteiger partial charge is 0.333 e. The molecular formula is C25H31NO6. The van der Waals surface area contributed by atoms with Crippen molar-refractivity contribution in [3.63, 3.8) is 0 Å². The van der Waals surface area contributed by atoms with E-state index in [1.807, 2.05) is 6.07 Å². The van der Waals surface area contributed by atoms with Gasteiger partial charge in [-0.3, -0.25) is 9.59 Å². The van der Waals surface area contributed by atoms with E-state index < -0.39 is 0 Å². The maximum Gasteiger partial charge on any atom is 0.333 e. The maximum absolute atomic E-state index is 11.2. The van der Waals surface area contributed by atoms with Crippen molar-refractivity contribution in [1.82, 2.24) is 0 Å². The summed E-state index contributed by atoms with van der Waals surface area (Å²) in [5.41, 5.74) is 1.55. The Labute approximate surface area is 189 Å². The molecule has 0 spiro atoms. The van der Waals surface area contributed by atoms with Crippen LogP contribution in [0.1, 0.15) is 46.0 Å². The third-order valence-electron chi connectivity index (χ3n) is 4.53. The van der Waals surface area contributed by atoms with Crippen LogP contribution in [0.2, 0.25) is 0 Å². The first-order valence-electron chi connectivity index (χ1n) is 10.4. The van der Waals surface area contributed by atoms with Crippen LogP contribution >= 0.6 is 0 Å². The van der Waals surface area contributed by atoms with E-state index in [4.69, 9.17) is 4.74 Å². The SMILES string of the molecule is C=C(C)C(=O)OC.C=C(C)C(=O)OC1CCCCC1.O=C1C=CC(=O)N1c1ccccc1. The maximum atomic E-state index is 11.2. The normalized spacial score (nSPS) is 15.0. The van der Waals surface area contributed by atoms with Crippen molar-refractivity contribution in [2.75, 3.05) is 12.0 Å². The molecule has 2 aliphatic rings. The standard InChI is InChI=1S/C10H7NO2.C10H16O2.C5H8O2/c12-9-6-7-10(13)11(9)8-4-2-1-3-5-8;1-8(2)10(11)12-9-6-4-3-5-7-9;1-4(2)5(6)7-3/h1-7H;9H,1,3-7H2,2H3;1H2,2-3H3. The lowest BCUT2D eigenvalue weighted by Gasteiger charge is -2.21. The predicted molar refractivity (Wildman–Crippen MR) is 123 cm³/mol.